The zero-order chi connectivity index (χ0) is 10.4. The lowest BCUT2D eigenvalue weighted by molar-refractivity contribution is 0.968. The van der Waals surface area contributed by atoms with E-state index < -0.39 is 0 Å². The number of nitrogens with zero attached hydrogens (tertiary/aromatic N) is 3. The number of nitrogens with one attached hydrogen (secondary N) is 1. The van der Waals surface area contributed by atoms with E-state index in [-0.39, 0.29) is 0 Å². The number of anilines is 1. The summed E-state index contributed by atoms with van der Waals surface area (Å²) in [4.78, 5) is 8.35. The summed E-state index contributed by atoms with van der Waals surface area (Å²) in [6.45, 7) is 0. The zero-order valence-corrected chi connectivity index (χ0v) is 8.80. The van der Waals surface area contributed by atoms with Crippen molar-refractivity contribution in [3.8, 4) is 6.07 Å². The third-order valence-corrected chi connectivity index (χ3v) is 2.11. The molecule has 0 aliphatic rings. The van der Waals surface area contributed by atoms with Gasteiger partial charge in [-0.25, -0.2) is 9.97 Å². The molecule has 0 amide bonds. The maximum atomic E-state index is 8.39. The predicted octanol–water partition coefficient (Wildman–Crippen LogP) is 1.78. The van der Waals surface area contributed by atoms with Crippen LogP contribution in [0.2, 0.25) is 0 Å². The van der Waals surface area contributed by atoms with Crippen LogP contribution >= 0.6 is 11.8 Å². The monoisotopic (exact) mass is 206 g/mol. The Morgan fingerprint density at radius 1 is 1.64 bits per heavy atom. The SMILES string of the molecule is CNc1nc(SC)ncc1C=CC#N. The van der Waals surface area contributed by atoms with Crippen molar-refractivity contribution in [1.82, 2.24) is 9.97 Å². The highest BCUT2D eigenvalue weighted by molar-refractivity contribution is 7.98. The number of thioether (sulfide) groups is 1. The zero-order valence-electron chi connectivity index (χ0n) is 7.98. The lowest BCUT2D eigenvalue weighted by Gasteiger charge is -2.04. The quantitative estimate of drug-likeness (QED) is 0.464. The molecule has 4 nitrogen and oxygen atoms in total. The molecule has 14 heavy (non-hydrogen) atoms. The van der Waals surface area contributed by atoms with Crippen molar-refractivity contribution < 1.29 is 0 Å². The average Bonchev–Trinajstić information content (AvgIpc) is 2.26. The minimum absolute atomic E-state index is 0.712. The fraction of sp³-hybridized carbons (Fsp3) is 0.222. The van der Waals surface area contributed by atoms with Crippen LogP contribution in [0.4, 0.5) is 5.82 Å². The van der Waals surface area contributed by atoms with Gasteiger partial charge in [-0.2, -0.15) is 5.26 Å². The Hall–Kier alpha value is -1.54. The molecule has 0 radical (unpaired) electrons. The minimum Gasteiger partial charge on any atom is -0.373 e. The van der Waals surface area contributed by atoms with Gasteiger partial charge in [0.1, 0.15) is 5.82 Å². The summed E-state index contributed by atoms with van der Waals surface area (Å²) in [5.74, 6) is 0.732. The molecule has 0 aliphatic carbocycles. The Balaban J connectivity index is 3.06. The summed E-state index contributed by atoms with van der Waals surface area (Å²) in [7, 11) is 1.79. The van der Waals surface area contributed by atoms with E-state index in [0.29, 0.717) is 5.16 Å². The molecule has 1 N–H and O–H groups in total. The largest absolute Gasteiger partial charge is 0.373 e. The number of hydrogen-bond acceptors (Lipinski definition) is 5. The van der Waals surface area contributed by atoms with Crippen LogP contribution in [0.5, 0.6) is 0 Å². The molecule has 0 aromatic carbocycles. The molecule has 0 bridgehead atoms. The Morgan fingerprint density at radius 2 is 2.43 bits per heavy atom. The van der Waals surface area contributed by atoms with Crippen LogP contribution < -0.4 is 5.32 Å². The van der Waals surface area contributed by atoms with Gasteiger partial charge in [0.05, 0.1) is 6.07 Å². The molecule has 1 rings (SSSR count). The third-order valence-electron chi connectivity index (χ3n) is 1.55. The van der Waals surface area contributed by atoms with Gasteiger partial charge in [-0.05, 0) is 12.3 Å². The molecule has 0 unspecified atom stereocenters. The maximum Gasteiger partial charge on any atom is 0.189 e. The first-order valence-corrected chi connectivity index (χ1v) is 5.19. The van der Waals surface area contributed by atoms with Crippen LogP contribution in [0.3, 0.4) is 0 Å². The molecule has 1 aromatic rings. The molecule has 0 atom stereocenters. The Bertz CT molecular complexity index is 381. The molecule has 0 saturated heterocycles. The fourth-order valence-corrected chi connectivity index (χ4v) is 1.26. The number of aromatic nitrogens is 2. The van der Waals surface area contributed by atoms with Crippen LogP contribution in [-0.2, 0) is 0 Å². The van der Waals surface area contributed by atoms with Gasteiger partial charge >= 0.3 is 0 Å². The predicted molar refractivity (Wildman–Crippen MR) is 58.0 cm³/mol. The van der Waals surface area contributed by atoms with Crippen molar-refractivity contribution >= 4 is 23.7 Å². The van der Waals surface area contributed by atoms with E-state index in [2.05, 4.69) is 15.3 Å². The number of nitriles is 1. The van der Waals surface area contributed by atoms with Gasteiger partial charge in [-0.3, -0.25) is 0 Å². The van der Waals surface area contributed by atoms with Gasteiger partial charge in [-0.1, -0.05) is 11.8 Å². The van der Waals surface area contributed by atoms with Crippen molar-refractivity contribution in [1.29, 1.82) is 5.26 Å². The van der Waals surface area contributed by atoms with Gasteiger partial charge in [0.2, 0.25) is 0 Å². The van der Waals surface area contributed by atoms with Crippen LogP contribution in [0.15, 0.2) is 17.4 Å². The van der Waals surface area contributed by atoms with E-state index in [1.807, 2.05) is 12.3 Å². The molecule has 5 heteroatoms. The summed E-state index contributed by atoms with van der Waals surface area (Å²) >= 11 is 1.48. The Morgan fingerprint density at radius 3 is 3.00 bits per heavy atom. The van der Waals surface area contributed by atoms with Crippen molar-refractivity contribution in [2.24, 2.45) is 0 Å². The van der Waals surface area contributed by atoms with E-state index in [4.69, 9.17) is 5.26 Å². The first-order chi connectivity index (χ1) is 6.81. The topological polar surface area (TPSA) is 61.6 Å². The van der Waals surface area contributed by atoms with E-state index in [0.717, 1.165) is 11.4 Å². The third kappa shape index (κ3) is 2.47. The molecule has 1 heterocycles. The summed E-state index contributed by atoms with van der Waals surface area (Å²) in [6, 6.07) is 1.93. The Kier molecular flexibility index (Phi) is 3.95. The summed E-state index contributed by atoms with van der Waals surface area (Å²) in [5.41, 5.74) is 0.812. The normalized spacial score (nSPS) is 10.1. The molecule has 1 aromatic heterocycles. The van der Waals surface area contributed by atoms with Crippen molar-refractivity contribution in [3.05, 3.63) is 17.8 Å². The average molecular weight is 206 g/mol. The van der Waals surface area contributed by atoms with E-state index in [1.54, 1.807) is 19.3 Å². The van der Waals surface area contributed by atoms with Crippen LogP contribution in [0.1, 0.15) is 5.56 Å². The first kappa shape index (κ1) is 10.5. The number of rotatable bonds is 3. The fourth-order valence-electron chi connectivity index (χ4n) is 0.923. The van der Waals surface area contributed by atoms with E-state index in [1.165, 1.54) is 17.8 Å². The first-order valence-electron chi connectivity index (χ1n) is 3.96. The van der Waals surface area contributed by atoms with Gasteiger partial charge in [-0.15, -0.1) is 0 Å². The molecule has 0 fully saturated rings. The Labute approximate surface area is 87.1 Å². The number of allylic oxidation sites excluding steroid dienone is 1. The van der Waals surface area contributed by atoms with Crippen molar-refractivity contribution in [2.75, 3.05) is 18.6 Å². The van der Waals surface area contributed by atoms with Gasteiger partial charge in [0.25, 0.3) is 0 Å². The lowest BCUT2D eigenvalue weighted by Crippen LogP contribution is -1.98. The van der Waals surface area contributed by atoms with Gasteiger partial charge in [0.15, 0.2) is 5.16 Å². The standard InChI is InChI=1S/C9H10N4S/c1-11-8-7(4-3-5-10)6-12-9(13-8)14-2/h3-4,6H,1-2H3,(H,11,12,13). The highest BCUT2D eigenvalue weighted by Gasteiger charge is 2.01. The molecule has 0 aliphatic heterocycles. The molecule has 0 saturated carbocycles. The second-order valence-electron chi connectivity index (χ2n) is 2.37. The summed E-state index contributed by atoms with van der Waals surface area (Å²) in [5, 5.41) is 12.1. The highest BCUT2D eigenvalue weighted by Crippen LogP contribution is 2.16. The maximum absolute atomic E-state index is 8.39. The van der Waals surface area contributed by atoms with Crippen molar-refractivity contribution in [2.45, 2.75) is 5.16 Å². The molecular weight excluding hydrogens is 196 g/mol. The second-order valence-corrected chi connectivity index (χ2v) is 3.15. The lowest BCUT2D eigenvalue weighted by atomic mass is 10.3. The highest BCUT2D eigenvalue weighted by atomic mass is 32.2. The number of hydrogen-bond donors (Lipinski definition) is 1. The van der Waals surface area contributed by atoms with Crippen LogP contribution in [0, 0.1) is 11.3 Å². The van der Waals surface area contributed by atoms with Gasteiger partial charge < -0.3 is 5.32 Å². The van der Waals surface area contributed by atoms with E-state index in [9.17, 15) is 0 Å². The molecule has 72 valence electrons. The smallest absolute Gasteiger partial charge is 0.189 e. The van der Waals surface area contributed by atoms with Crippen LogP contribution in [-0.4, -0.2) is 23.3 Å². The van der Waals surface area contributed by atoms with Crippen LogP contribution in [0.25, 0.3) is 6.08 Å². The van der Waals surface area contributed by atoms with Crippen molar-refractivity contribution in [3.63, 3.8) is 0 Å². The van der Waals surface area contributed by atoms with E-state index >= 15 is 0 Å². The second kappa shape index (κ2) is 5.25. The minimum atomic E-state index is 0.712. The summed E-state index contributed by atoms with van der Waals surface area (Å²) in [6.07, 6.45) is 6.69. The molecule has 0 spiro atoms. The van der Waals surface area contributed by atoms with Gasteiger partial charge in [0, 0.05) is 24.9 Å². The molecular formula is C9H10N4S. The summed E-state index contributed by atoms with van der Waals surface area (Å²) < 4.78 is 0.